The fourth-order valence-electron chi connectivity index (χ4n) is 0.787. The first-order valence-electron chi connectivity index (χ1n) is 4.26. The molecule has 0 aliphatic carbocycles. The number of nitrogens with one attached hydrogen (secondary N) is 1. The Hall–Kier alpha value is -0.220. The van der Waals surface area contributed by atoms with Gasteiger partial charge in [0.15, 0.2) is 0 Å². The van der Waals surface area contributed by atoms with Crippen LogP contribution in [0.2, 0.25) is 0 Å². The van der Waals surface area contributed by atoms with Crippen molar-refractivity contribution in [2.24, 2.45) is 0 Å². The molecule has 3 nitrogen and oxygen atoms in total. The minimum Gasteiger partial charge on any atom is -0.381 e. The predicted molar refractivity (Wildman–Crippen MR) is 52.6 cm³/mol. The molecule has 1 N–H and O–H groups in total. The minimum absolute atomic E-state index is 0.104. The molecule has 12 heavy (non-hydrogen) atoms. The van der Waals surface area contributed by atoms with Crippen molar-refractivity contribution in [2.45, 2.75) is 19.8 Å². The highest BCUT2D eigenvalue weighted by Crippen LogP contribution is 1.90. The zero-order chi connectivity index (χ0) is 9.23. The van der Waals surface area contributed by atoms with Crippen molar-refractivity contribution in [3.05, 3.63) is 0 Å². The number of carbonyl (C=O) groups excluding carboxylic acids is 1. The molecule has 0 aliphatic heterocycles. The Kier molecular flexibility index (Phi) is 8.71. The Bertz CT molecular complexity index is 120. The van der Waals surface area contributed by atoms with Crippen molar-refractivity contribution in [2.75, 3.05) is 25.5 Å². The van der Waals surface area contributed by atoms with E-state index in [9.17, 15) is 4.79 Å². The Balaban J connectivity index is 3.03. The predicted octanol–water partition coefficient (Wildman–Crippen LogP) is 0.849. The van der Waals surface area contributed by atoms with Gasteiger partial charge in [-0.3, -0.25) is 4.79 Å². The molecule has 0 aromatic carbocycles. The van der Waals surface area contributed by atoms with Crippen molar-refractivity contribution in [3.63, 3.8) is 0 Å². The zero-order valence-electron chi connectivity index (χ0n) is 7.51. The van der Waals surface area contributed by atoms with E-state index in [1.807, 2.05) is 6.92 Å². The van der Waals surface area contributed by atoms with Crippen molar-refractivity contribution in [3.8, 4) is 0 Å². The molecule has 0 heterocycles. The van der Waals surface area contributed by atoms with E-state index in [-0.39, 0.29) is 5.91 Å². The maximum absolute atomic E-state index is 10.9. The lowest BCUT2D eigenvalue weighted by atomic mass is 10.3. The number of rotatable bonds is 7. The first-order valence-corrected chi connectivity index (χ1v) is 4.89. The Morgan fingerprint density at radius 3 is 2.83 bits per heavy atom. The van der Waals surface area contributed by atoms with Crippen molar-refractivity contribution in [1.82, 2.24) is 5.32 Å². The fraction of sp³-hybridized carbons (Fsp3) is 0.875. The van der Waals surface area contributed by atoms with E-state index in [0.29, 0.717) is 26.2 Å². The molecule has 0 rings (SSSR count). The number of hydrogen-bond donors (Lipinski definition) is 2. The van der Waals surface area contributed by atoms with Crippen LogP contribution < -0.4 is 5.32 Å². The summed E-state index contributed by atoms with van der Waals surface area (Å²) in [6.07, 6.45) is 1.35. The van der Waals surface area contributed by atoms with Gasteiger partial charge in [-0.05, 0) is 13.3 Å². The van der Waals surface area contributed by atoms with Crippen LogP contribution in [-0.2, 0) is 9.53 Å². The third-order valence-corrected chi connectivity index (χ3v) is 1.48. The molecular weight excluding hydrogens is 174 g/mol. The van der Waals surface area contributed by atoms with Crippen LogP contribution in [0.25, 0.3) is 0 Å². The molecule has 0 bridgehead atoms. The lowest BCUT2D eigenvalue weighted by Crippen LogP contribution is -2.22. The Morgan fingerprint density at radius 2 is 2.25 bits per heavy atom. The molecule has 0 fully saturated rings. The van der Waals surface area contributed by atoms with E-state index in [1.54, 1.807) is 0 Å². The van der Waals surface area contributed by atoms with Gasteiger partial charge in [-0.1, -0.05) is 0 Å². The third kappa shape index (κ3) is 7.88. The van der Waals surface area contributed by atoms with Crippen molar-refractivity contribution >= 4 is 18.5 Å². The first kappa shape index (κ1) is 11.8. The van der Waals surface area contributed by atoms with Gasteiger partial charge in [0.05, 0.1) is 6.61 Å². The quantitative estimate of drug-likeness (QED) is 0.462. The molecule has 0 aliphatic rings. The number of thiol groups is 1. The van der Waals surface area contributed by atoms with Gasteiger partial charge < -0.3 is 10.1 Å². The van der Waals surface area contributed by atoms with Crippen LogP contribution in [0.4, 0.5) is 0 Å². The van der Waals surface area contributed by atoms with Gasteiger partial charge >= 0.3 is 0 Å². The monoisotopic (exact) mass is 191 g/mol. The number of amides is 1. The summed E-state index contributed by atoms with van der Waals surface area (Å²) >= 11 is 3.99. The molecule has 0 aromatic rings. The molecule has 0 atom stereocenters. The summed E-state index contributed by atoms with van der Waals surface area (Å²) in [6, 6.07) is 0. The first-order chi connectivity index (χ1) is 5.81. The van der Waals surface area contributed by atoms with E-state index >= 15 is 0 Å². The maximum atomic E-state index is 10.9. The summed E-state index contributed by atoms with van der Waals surface area (Å²) in [5.41, 5.74) is 0. The fourth-order valence-corrected chi connectivity index (χ4v) is 0.916. The van der Waals surface area contributed by atoms with Crippen LogP contribution in [0.5, 0.6) is 0 Å². The van der Waals surface area contributed by atoms with Crippen LogP contribution in [0.15, 0.2) is 0 Å². The summed E-state index contributed by atoms with van der Waals surface area (Å²) in [5.74, 6) is 0.841. The second-order valence-corrected chi connectivity index (χ2v) is 2.84. The summed E-state index contributed by atoms with van der Waals surface area (Å²) in [7, 11) is 0. The molecule has 1 amide bonds. The molecule has 4 heteroatoms. The second kappa shape index (κ2) is 8.87. The summed E-state index contributed by atoms with van der Waals surface area (Å²) in [6.45, 7) is 3.93. The van der Waals surface area contributed by atoms with Crippen LogP contribution in [0.1, 0.15) is 19.8 Å². The largest absolute Gasteiger partial charge is 0.381 e. The highest BCUT2D eigenvalue weighted by Gasteiger charge is 1.97. The van der Waals surface area contributed by atoms with Crippen molar-refractivity contribution in [1.29, 1.82) is 0 Å². The minimum atomic E-state index is 0.104. The number of carbonyl (C=O) groups is 1. The Labute approximate surface area is 79.3 Å². The molecule has 0 radical (unpaired) electrons. The van der Waals surface area contributed by atoms with E-state index in [4.69, 9.17) is 4.74 Å². The van der Waals surface area contributed by atoms with Gasteiger partial charge in [0, 0.05) is 25.3 Å². The van der Waals surface area contributed by atoms with Gasteiger partial charge in [0.1, 0.15) is 0 Å². The summed E-state index contributed by atoms with van der Waals surface area (Å²) in [4.78, 5) is 10.9. The van der Waals surface area contributed by atoms with Gasteiger partial charge in [-0.25, -0.2) is 0 Å². The van der Waals surface area contributed by atoms with Gasteiger partial charge in [-0.2, -0.15) is 12.6 Å². The molecule has 0 aromatic heterocycles. The summed E-state index contributed by atoms with van der Waals surface area (Å²) in [5, 5.41) is 2.73. The van der Waals surface area contributed by atoms with Crippen LogP contribution in [0, 0.1) is 0 Å². The molecular formula is C8H17NO2S. The zero-order valence-corrected chi connectivity index (χ0v) is 8.40. The molecule has 0 unspecified atom stereocenters. The molecule has 72 valence electrons. The van der Waals surface area contributed by atoms with E-state index in [2.05, 4.69) is 17.9 Å². The smallest absolute Gasteiger partial charge is 0.220 e. The van der Waals surface area contributed by atoms with Crippen molar-refractivity contribution < 1.29 is 9.53 Å². The molecule has 0 saturated carbocycles. The molecule has 0 spiro atoms. The van der Waals surface area contributed by atoms with Crippen LogP contribution in [0.3, 0.4) is 0 Å². The highest BCUT2D eigenvalue weighted by atomic mass is 32.1. The summed E-state index contributed by atoms with van der Waals surface area (Å²) < 4.78 is 5.15. The topological polar surface area (TPSA) is 38.3 Å². The lowest BCUT2D eigenvalue weighted by Gasteiger charge is -2.02. The average molecular weight is 191 g/mol. The highest BCUT2D eigenvalue weighted by molar-refractivity contribution is 7.80. The van der Waals surface area contributed by atoms with Gasteiger partial charge in [-0.15, -0.1) is 0 Å². The standard InChI is InChI=1S/C8H17NO2S/c1-2-9-8(10)4-3-5-11-6-7-12/h12H,2-7H2,1H3,(H,9,10). The average Bonchev–Trinajstić information content (AvgIpc) is 2.05. The van der Waals surface area contributed by atoms with Gasteiger partial charge in [0.2, 0.25) is 5.91 Å². The lowest BCUT2D eigenvalue weighted by molar-refractivity contribution is -0.121. The Morgan fingerprint density at radius 1 is 1.50 bits per heavy atom. The third-order valence-electron chi connectivity index (χ3n) is 1.30. The van der Waals surface area contributed by atoms with Crippen LogP contribution >= 0.6 is 12.6 Å². The molecule has 0 saturated heterocycles. The van der Waals surface area contributed by atoms with Crippen LogP contribution in [-0.4, -0.2) is 31.4 Å². The SMILES string of the molecule is CCNC(=O)CCCOCCS. The van der Waals surface area contributed by atoms with E-state index in [1.165, 1.54) is 0 Å². The van der Waals surface area contributed by atoms with Gasteiger partial charge in [0.25, 0.3) is 0 Å². The maximum Gasteiger partial charge on any atom is 0.220 e. The van der Waals surface area contributed by atoms with E-state index in [0.717, 1.165) is 12.2 Å². The number of ether oxygens (including phenoxy) is 1. The second-order valence-electron chi connectivity index (χ2n) is 2.39. The normalized spacial score (nSPS) is 9.83. The number of hydrogen-bond acceptors (Lipinski definition) is 3. The van der Waals surface area contributed by atoms with E-state index < -0.39 is 0 Å².